The minimum Gasteiger partial charge on any atom is -0.468 e. The Kier molecular flexibility index (Phi) is 5.11. The summed E-state index contributed by atoms with van der Waals surface area (Å²) in [4.78, 5) is 13.4. The number of carbonyl (C=O) groups is 1. The molecule has 0 aromatic heterocycles. The van der Waals surface area contributed by atoms with Gasteiger partial charge in [0.15, 0.2) is 0 Å². The molecule has 4 heteroatoms. The van der Waals surface area contributed by atoms with Gasteiger partial charge in [0.2, 0.25) is 0 Å². The number of ether oxygens (including phenoxy) is 1. The molecule has 0 heterocycles. The van der Waals surface area contributed by atoms with Crippen LogP contribution in [0.5, 0.6) is 0 Å². The second-order valence-electron chi connectivity index (χ2n) is 5.35. The first kappa shape index (κ1) is 15.4. The number of rotatable bonds is 5. The average Bonchev–Trinajstić information content (AvgIpc) is 2.85. The number of benzene rings is 1. The molecule has 3 nitrogen and oxygen atoms in total. The molecule has 0 spiro atoms. The van der Waals surface area contributed by atoms with Crippen LogP contribution in [-0.2, 0) is 9.53 Å². The van der Waals surface area contributed by atoms with Crippen molar-refractivity contribution < 1.29 is 9.53 Å². The van der Waals surface area contributed by atoms with Crippen LogP contribution in [0.2, 0.25) is 0 Å². The first-order chi connectivity index (χ1) is 9.61. The molecule has 1 N–H and O–H groups in total. The Hall–Kier alpha value is -1.00. The molecule has 0 amide bonds. The van der Waals surface area contributed by atoms with Gasteiger partial charge in [-0.15, -0.1) is 11.8 Å². The van der Waals surface area contributed by atoms with Gasteiger partial charge in [0.05, 0.1) is 7.11 Å². The van der Waals surface area contributed by atoms with E-state index in [0.29, 0.717) is 5.25 Å². The number of hydrogen-bond donors (Lipinski definition) is 1. The van der Waals surface area contributed by atoms with Crippen LogP contribution in [0.25, 0.3) is 0 Å². The maximum absolute atomic E-state index is 12.1. The van der Waals surface area contributed by atoms with Gasteiger partial charge in [0, 0.05) is 10.1 Å². The summed E-state index contributed by atoms with van der Waals surface area (Å²) >= 11 is 1.89. The van der Waals surface area contributed by atoms with Gasteiger partial charge in [0.1, 0.15) is 5.54 Å². The zero-order chi connectivity index (χ0) is 14.6. The van der Waals surface area contributed by atoms with Crippen LogP contribution in [0.4, 0.5) is 0 Å². The van der Waals surface area contributed by atoms with E-state index in [-0.39, 0.29) is 5.97 Å². The lowest BCUT2D eigenvalue weighted by Gasteiger charge is -2.27. The summed E-state index contributed by atoms with van der Waals surface area (Å²) < 4.78 is 5.00. The van der Waals surface area contributed by atoms with Crippen molar-refractivity contribution in [2.75, 3.05) is 13.7 Å². The minimum absolute atomic E-state index is 0.118. The van der Waals surface area contributed by atoms with Crippen LogP contribution >= 0.6 is 11.8 Å². The van der Waals surface area contributed by atoms with Gasteiger partial charge < -0.3 is 10.1 Å². The predicted molar refractivity (Wildman–Crippen MR) is 83.1 cm³/mol. The molecule has 0 bridgehead atoms. The Morgan fingerprint density at radius 2 is 2.25 bits per heavy atom. The number of esters is 1. The second kappa shape index (κ2) is 6.64. The van der Waals surface area contributed by atoms with Gasteiger partial charge in [0.25, 0.3) is 0 Å². The van der Waals surface area contributed by atoms with E-state index in [0.717, 1.165) is 25.8 Å². The van der Waals surface area contributed by atoms with E-state index in [1.165, 1.54) is 17.6 Å². The molecule has 2 rings (SSSR count). The van der Waals surface area contributed by atoms with Crippen LogP contribution in [-0.4, -0.2) is 30.4 Å². The number of aryl methyl sites for hydroxylation is 1. The van der Waals surface area contributed by atoms with Crippen molar-refractivity contribution in [1.29, 1.82) is 0 Å². The maximum Gasteiger partial charge on any atom is 0.326 e. The van der Waals surface area contributed by atoms with Crippen LogP contribution < -0.4 is 5.32 Å². The summed E-state index contributed by atoms with van der Waals surface area (Å²) in [6.45, 7) is 4.96. The quantitative estimate of drug-likeness (QED) is 0.846. The van der Waals surface area contributed by atoms with Crippen LogP contribution in [0.1, 0.15) is 31.7 Å². The van der Waals surface area contributed by atoms with E-state index < -0.39 is 5.54 Å². The molecule has 1 aromatic rings. The third-order valence-corrected chi connectivity index (χ3v) is 5.40. The van der Waals surface area contributed by atoms with Crippen molar-refractivity contribution >= 4 is 17.7 Å². The van der Waals surface area contributed by atoms with E-state index in [1.54, 1.807) is 0 Å². The predicted octanol–water partition coefficient (Wildman–Crippen LogP) is 3.16. The fraction of sp³-hybridized carbons (Fsp3) is 0.562. The Morgan fingerprint density at radius 1 is 1.50 bits per heavy atom. The Bertz CT molecular complexity index is 477. The molecule has 1 aliphatic rings. The molecular formula is C16H23NO2S. The number of hydrogen-bond acceptors (Lipinski definition) is 4. The molecule has 1 aliphatic carbocycles. The number of likely N-dealkylation sites (N-methyl/N-ethyl adjacent to an activating group) is 1. The van der Waals surface area contributed by atoms with Crippen LogP contribution in [0.3, 0.4) is 0 Å². The highest BCUT2D eigenvalue weighted by Crippen LogP contribution is 2.41. The van der Waals surface area contributed by atoms with Crippen molar-refractivity contribution in [3.8, 4) is 0 Å². The molecule has 20 heavy (non-hydrogen) atoms. The fourth-order valence-electron chi connectivity index (χ4n) is 2.92. The van der Waals surface area contributed by atoms with E-state index in [1.807, 2.05) is 18.7 Å². The van der Waals surface area contributed by atoms with E-state index >= 15 is 0 Å². The SMILES string of the molecule is CCNC1(C(=O)OC)CCC(Sc2ccccc2C)C1. The van der Waals surface area contributed by atoms with Gasteiger partial charge in [-0.3, -0.25) is 4.79 Å². The summed E-state index contributed by atoms with van der Waals surface area (Å²) in [7, 11) is 1.48. The third-order valence-electron chi connectivity index (χ3n) is 3.95. The highest BCUT2D eigenvalue weighted by molar-refractivity contribution is 8.00. The van der Waals surface area contributed by atoms with Gasteiger partial charge in [-0.25, -0.2) is 0 Å². The second-order valence-corrected chi connectivity index (χ2v) is 6.69. The highest BCUT2D eigenvalue weighted by atomic mass is 32.2. The molecule has 110 valence electrons. The van der Waals surface area contributed by atoms with Crippen molar-refractivity contribution in [3.63, 3.8) is 0 Å². The van der Waals surface area contributed by atoms with Crippen molar-refractivity contribution in [1.82, 2.24) is 5.32 Å². The summed E-state index contributed by atoms with van der Waals surface area (Å²) in [6, 6.07) is 8.42. The van der Waals surface area contributed by atoms with Crippen LogP contribution in [0.15, 0.2) is 29.2 Å². The number of methoxy groups -OCH3 is 1. The van der Waals surface area contributed by atoms with Crippen LogP contribution in [0, 0.1) is 6.92 Å². The number of nitrogens with one attached hydrogen (secondary N) is 1. The molecule has 0 saturated heterocycles. The lowest BCUT2D eigenvalue weighted by molar-refractivity contribution is -0.148. The molecule has 1 fully saturated rings. The molecule has 1 saturated carbocycles. The largest absolute Gasteiger partial charge is 0.468 e. The van der Waals surface area contributed by atoms with Gasteiger partial charge in [-0.1, -0.05) is 25.1 Å². The first-order valence-electron chi connectivity index (χ1n) is 7.17. The highest BCUT2D eigenvalue weighted by Gasteiger charge is 2.45. The first-order valence-corrected chi connectivity index (χ1v) is 8.05. The summed E-state index contributed by atoms with van der Waals surface area (Å²) in [5, 5.41) is 3.82. The van der Waals surface area contributed by atoms with Gasteiger partial charge in [-0.05, 0) is 44.4 Å². The van der Waals surface area contributed by atoms with Gasteiger partial charge in [-0.2, -0.15) is 0 Å². The lowest BCUT2D eigenvalue weighted by atomic mass is 9.98. The van der Waals surface area contributed by atoms with E-state index in [4.69, 9.17) is 4.74 Å². The fourth-order valence-corrected chi connectivity index (χ4v) is 4.29. The topological polar surface area (TPSA) is 38.3 Å². The Labute approximate surface area is 125 Å². The van der Waals surface area contributed by atoms with Crippen molar-refractivity contribution in [2.24, 2.45) is 0 Å². The average molecular weight is 293 g/mol. The monoisotopic (exact) mass is 293 g/mol. The molecule has 2 unspecified atom stereocenters. The van der Waals surface area contributed by atoms with Gasteiger partial charge >= 0.3 is 5.97 Å². The number of thioether (sulfide) groups is 1. The minimum atomic E-state index is -0.482. The van der Waals surface area contributed by atoms with E-state index in [9.17, 15) is 4.79 Å². The third kappa shape index (κ3) is 3.18. The molecule has 2 atom stereocenters. The zero-order valence-electron chi connectivity index (χ0n) is 12.4. The summed E-state index contributed by atoms with van der Waals surface area (Å²) in [5.41, 5.74) is 0.820. The maximum atomic E-state index is 12.1. The Morgan fingerprint density at radius 3 is 2.90 bits per heavy atom. The summed E-state index contributed by atoms with van der Waals surface area (Å²) in [6.07, 6.45) is 2.74. The molecule has 1 aromatic carbocycles. The number of carbonyl (C=O) groups excluding carboxylic acids is 1. The van der Waals surface area contributed by atoms with E-state index in [2.05, 4.69) is 36.5 Å². The molecule has 0 aliphatic heterocycles. The van der Waals surface area contributed by atoms with Crippen molar-refractivity contribution in [2.45, 2.75) is 48.8 Å². The molecule has 0 radical (unpaired) electrons. The summed E-state index contributed by atoms with van der Waals surface area (Å²) in [5.74, 6) is -0.118. The Balaban J connectivity index is 2.07. The lowest BCUT2D eigenvalue weighted by Crippen LogP contribution is -2.50. The van der Waals surface area contributed by atoms with Crippen molar-refractivity contribution in [3.05, 3.63) is 29.8 Å². The zero-order valence-corrected chi connectivity index (χ0v) is 13.3. The standard InChI is InChI=1S/C16H23NO2S/c1-4-17-16(15(18)19-3)10-9-13(11-16)20-14-8-6-5-7-12(14)2/h5-8,13,17H,4,9-11H2,1-3H3. The smallest absolute Gasteiger partial charge is 0.326 e. The molecular weight excluding hydrogens is 270 g/mol. The normalized spacial score (nSPS) is 25.6.